The van der Waals surface area contributed by atoms with E-state index in [0.29, 0.717) is 12.1 Å². The largest absolute Gasteiger partial charge is 0.390 e. The predicted octanol–water partition coefficient (Wildman–Crippen LogP) is 2.52. The molecule has 7 nitrogen and oxygen atoms in total. The third kappa shape index (κ3) is 5.91. The molecule has 0 bridgehead atoms. The van der Waals surface area contributed by atoms with Gasteiger partial charge in [0.15, 0.2) is 0 Å². The Morgan fingerprint density at radius 2 is 1.76 bits per heavy atom. The summed E-state index contributed by atoms with van der Waals surface area (Å²) in [7, 11) is 1.42. The van der Waals surface area contributed by atoms with Crippen molar-refractivity contribution in [3.63, 3.8) is 0 Å². The maximum atomic E-state index is 12.9. The van der Waals surface area contributed by atoms with Crippen LogP contribution < -0.4 is 22.1 Å². The first-order valence-corrected chi connectivity index (χ1v) is 9.98. The minimum absolute atomic E-state index is 0.0232. The van der Waals surface area contributed by atoms with Gasteiger partial charge in [0.1, 0.15) is 4.83 Å². The molecule has 0 fully saturated rings. The number of alkyl halides is 3. The van der Waals surface area contributed by atoms with E-state index in [1.165, 1.54) is 7.11 Å². The number of aryl methyl sites for hydroxylation is 2. The fraction of sp³-hybridized carbons (Fsp3) is 0.667. The zero-order chi connectivity index (χ0) is 22.0. The van der Waals surface area contributed by atoms with Gasteiger partial charge in [-0.1, -0.05) is 0 Å². The van der Waals surface area contributed by atoms with Crippen LogP contribution in [0.15, 0.2) is 9.59 Å². The molecule has 2 heterocycles. The number of methoxy groups -OCH3 is 1. The average Bonchev–Trinajstić information content (AvgIpc) is 2.89. The number of thiophene rings is 1. The first-order chi connectivity index (χ1) is 13.4. The van der Waals surface area contributed by atoms with Gasteiger partial charge in [-0.05, 0) is 33.3 Å². The summed E-state index contributed by atoms with van der Waals surface area (Å²) >= 11 is 1.16. The first kappa shape index (κ1) is 23.6. The maximum absolute atomic E-state index is 12.9. The summed E-state index contributed by atoms with van der Waals surface area (Å²) in [4.78, 5) is 26.7. The Kier molecular flexibility index (Phi) is 7.31. The van der Waals surface area contributed by atoms with E-state index in [4.69, 9.17) is 4.74 Å². The summed E-state index contributed by atoms with van der Waals surface area (Å²) in [6, 6.07) is 0. The quantitative estimate of drug-likeness (QED) is 0.622. The molecule has 0 saturated carbocycles. The Morgan fingerprint density at radius 1 is 1.10 bits per heavy atom. The van der Waals surface area contributed by atoms with Crippen LogP contribution in [0.4, 0.5) is 13.2 Å². The molecule has 0 spiro atoms. The second kappa shape index (κ2) is 8.99. The molecule has 0 aliphatic rings. The molecule has 2 aromatic rings. The molecule has 0 saturated heterocycles. The highest BCUT2D eigenvalue weighted by Gasteiger charge is 2.28. The molecule has 164 valence electrons. The second-order valence-electron chi connectivity index (χ2n) is 7.81. The summed E-state index contributed by atoms with van der Waals surface area (Å²) in [6.45, 7) is 7.57. The van der Waals surface area contributed by atoms with Crippen LogP contribution in [0.2, 0.25) is 0 Å². The highest BCUT2D eigenvalue weighted by Crippen LogP contribution is 2.29. The van der Waals surface area contributed by atoms with E-state index in [-0.39, 0.29) is 28.9 Å². The summed E-state index contributed by atoms with van der Waals surface area (Å²) in [5.41, 5.74) is 5.38. The number of hydrogen-bond acceptors (Lipinski definition) is 6. The van der Waals surface area contributed by atoms with Crippen molar-refractivity contribution in [2.45, 2.75) is 65.5 Å². The number of nitrogens with zero attached hydrogens (tertiary/aromatic N) is 2. The normalized spacial score (nSPS) is 12.8. The van der Waals surface area contributed by atoms with E-state index in [1.54, 1.807) is 6.92 Å². The highest BCUT2D eigenvalue weighted by molar-refractivity contribution is 7.18. The fourth-order valence-electron chi connectivity index (χ4n) is 2.81. The third-order valence-corrected chi connectivity index (χ3v) is 5.56. The molecular weight excluding hydrogens is 409 g/mol. The third-order valence-electron chi connectivity index (χ3n) is 4.24. The van der Waals surface area contributed by atoms with Crippen molar-refractivity contribution in [3.8, 4) is 0 Å². The number of rotatable bonds is 8. The van der Waals surface area contributed by atoms with E-state index in [0.717, 1.165) is 25.3 Å². The lowest BCUT2D eigenvalue weighted by atomic mass is 10.1. The van der Waals surface area contributed by atoms with Crippen molar-refractivity contribution >= 4 is 21.6 Å². The van der Waals surface area contributed by atoms with Crippen molar-refractivity contribution < 1.29 is 17.9 Å². The molecule has 0 aliphatic carbocycles. The molecule has 2 N–H and O–H groups in total. The SMILES string of the molecule is COCCn1c(=O)c2c(C)c(CNNC(C)(C)C)sc2n(CCC(F)(F)F)c1=O. The molecule has 2 aromatic heterocycles. The Morgan fingerprint density at radius 3 is 2.31 bits per heavy atom. The van der Waals surface area contributed by atoms with Gasteiger partial charge in [-0.3, -0.25) is 24.8 Å². The van der Waals surface area contributed by atoms with E-state index < -0.39 is 30.4 Å². The fourth-order valence-corrected chi connectivity index (χ4v) is 4.07. The van der Waals surface area contributed by atoms with Gasteiger partial charge in [0.05, 0.1) is 25.0 Å². The van der Waals surface area contributed by atoms with Gasteiger partial charge in [0, 0.05) is 30.6 Å². The van der Waals surface area contributed by atoms with Gasteiger partial charge in [-0.2, -0.15) is 13.2 Å². The Hall–Kier alpha value is -1.69. The molecular formula is C18H27F3N4O3S. The molecule has 0 amide bonds. The Bertz CT molecular complexity index is 970. The van der Waals surface area contributed by atoms with Gasteiger partial charge < -0.3 is 4.74 Å². The topological polar surface area (TPSA) is 77.3 Å². The van der Waals surface area contributed by atoms with Gasteiger partial charge >= 0.3 is 11.9 Å². The van der Waals surface area contributed by atoms with E-state index in [2.05, 4.69) is 10.9 Å². The van der Waals surface area contributed by atoms with Crippen molar-refractivity contribution in [3.05, 3.63) is 31.3 Å². The van der Waals surface area contributed by atoms with Gasteiger partial charge in [0.2, 0.25) is 0 Å². The Labute approximate surface area is 170 Å². The summed E-state index contributed by atoms with van der Waals surface area (Å²) in [5, 5.41) is 0.278. The smallest absolute Gasteiger partial charge is 0.383 e. The second-order valence-corrected chi connectivity index (χ2v) is 8.89. The lowest BCUT2D eigenvalue weighted by Crippen LogP contribution is -2.45. The maximum Gasteiger partial charge on any atom is 0.390 e. The van der Waals surface area contributed by atoms with Crippen molar-refractivity contribution in [2.24, 2.45) is 0 Å². The molecule has 0 aromatic carbocycles. The van der Waals surface area contributed by atoms with E-state index in [9.17, 15) is 22.8 Å². The number of hydrogen-bond donors (Lipinski definition) is 2. The minimum atomic E-state index is -4.41. The van der Waals surface area contributed by atoms with Gasteiger partial charge in [-0.25, -0.2) is 4.79 Å². The standard InChI is InChI=1S/C18H27F3N4O3S/c1-11-12(10-22-23-17(2,3)4)29-15-13(11)14(26)24(8-9-28-5)16(27)25(15)7-6-18(19,20)21/h22-23H,6-10H2,1-5H3. The molecule has 11 heteroatoms. The number of fused-ring (bicyclic) bond motifs is 1. The van der Waals surface area contributed by atoms with Crippen LogP contribution in [-0.2, 0) is 24.4 Å². The van der Waals surface area contributed by atoms with E-state index in [1.807, 2.05) is 20.8 Å². The number of ether oxygens (including phenoxy) is 1. The van der Waals surface area contributed by atoms with Crippen LogP contribution in [0.1, 0.15) is 37.6 Å². The van der Waals surface area contributed by atoms with Crippen LogP contribution in [0.5, 0.6) is 0 Å². The van der Waals surface area contributed by atoms with Crippen molar-refractivity contribution in [1.82, 2.24) is 20.0 Å². The van der Waals surface area contributed by atoms with Crippen molar-refractivity contribution in [2.75, 3.05) is 13.7 Å². The van der Waals surface area contributed by atoms with Crippen LogP contribution in [-0.4, -0.2) is 34.6 Å². The zero-order valence-corrected chi connectivity index (χ0v) is 18.0. The molecule has 29 heavy (non-hydrogen) atoms. The van der Waals surface area contributed by atoms with Gasteiger partial charge in [-0.15, -0.1) is 11.3 Å². The number of aromatic nitrogens is 2. The lowest BCUT2D eigenvalue weighted by Gasteiger charge is -2.20. The van der Waals surface area contributed by atoms with Crippen LogP contribution in [0, 0.1) is 6.92 Å². The number of hydrazine groups is 1. The monoisotopic (exact) mass is 436 g/mol. The van der Waals surface area contributed by atoms with Crippen molar-refractivity contribution in [1.29, 1.82) is 0 Å². The zero-order valence-electron chi connectivity index (χ0n) is 17.2. The van der Waals surface area contributed by atoms with Gasteiger partial charge in [0.25, 0.3) is 5.56 Å². The molecule has 0 unspecified atom stereocenters. The molecule has 2 rings (SSSR count). The predicted molar refractivity (Wildman–Crippen MR) is 107 cm³/mol. The Balaban J connectivity index is 2.57. The molecule has 0 radical (unpaired) electrons. The molecule has 0 atom stereocenters. The molecule has 0 aliphatic heterocycles. The average molecular weight is 437 g/mol. The lowest BCUT2D eigenvalue weighted by molar-refractivity contribution is -0.136. The van der Waals surface area contributed by atoms with Crippen LogP contribution >= 0.6 is 11.3 Å². The summed E-state index contributed by atoms with van der Waals surface area (Å²) in [5.74, 6) is 0. The van der Waals surface area contributed by atoms with E-state index >= 15 is 0 Å². The number of nitrogens with one attached hydrogen (secondary N) is 2. The van der Waals surface area contributed by atoms with Crippen LogP contribution in [0.25, 0.3) is 10.2 Å². The summed E-state index contributed by atoms with van der Waals surface area (Å²) < 4.78 is 45.3. The number of halogens is 3. The summed E-state index contributed by atoms with van der Waals surface area (Å²) in [6.07, 6.45) is -5.56. The first-order valence-electron chi connectivity index (χ1n) is 9.17. The highest BCUT2D eigenvalue weighted by atomic mass is 32.1. The minimum Gasteiger partial charge on any atom is -0.383 e. The van der Waals surface area contributed by atoms with Crippen LogP contribution in [0.3, 0.4) is 0 Å².